The SMILES string of the molecule is COc1cccc([C@]23CCN(CCc4ccccc4)CC2Cc2c([nH]c4c(Cl)cccc24)C3)c1. The molecule has 174 valence electrons. The van der Waals surface area contributed by atoms with E-state index in [0.29, 0.717) is 5.92 Å². The van der Waals surface area contributed by atoms with E-state index in [1.807, 2.05) is 6.07 Å². The molecule has 6 rings (SSSR count). The summed E-state index contributed by atoms with van der Waals surface area (Å²) in [5, 5.41) is 2.11. The first-order valence-electron chi connectivity index (χ1n) is 12.3. The molecule has 2 atom stereocenters. The van der Waals surface area contributed by atoms with Gasteiger partial charge >= 0.3 is 0 Å². The van der Waals surface area contributed by atoms with Crippen molar-refractivity contribution in [1.82, 2.24) is 9.88 Å². The third-order valence-electron chi connectivity index (χ3n) is 8.26. The molecule has 2 aliphatic rings. The number of likely N-dealkylation sites (tertiary alicyclic amines) is 1. The maximum atomic E-state index is 6.59. The molecular formula is C30H31ClN2O. The lowest BCUT2D eigenvalue weighted by Crippen LogP contribution is -2.54. The minimum absolute atomic E-state index is 0.109. The standard InChI is InChI=1S/C30H31ClN2O/c1-34-24-10-5-9-22(17-24)30-14-16-33(15-13-21-7-3-2-4-8-21)20-23(30)18-26-25-11-6-12-27(31)29(25)32-28(26)19-30/h2-12,17,23,32H,13-16,18-20H2,1H3/t23?,30-/m1/s1. The lowest BCUT2D eigenvalue weighted by molar-refractivity contribution is 0.0822. The quantitative estimate of drug-likeness (QED) is 0.364. The summed E-state index contributed by atoms with van der Waals surface area (Å²) in [6.07, 6.45) is 4.36. The van der Waals surface area contributed by atoms with Crippen LogP contribution in [0.4, 0.5) is 0 Å². The molecule has 3 aromatic carbocycles. The van der Waals surface area contributed by atoms with Gasteiger partial charge in [0, 0.05) is 29.6 Å². The molecule has 0 bridgehead atoms. The number of halogens is 1. The van der Waals surface area contributed by atoms with Crippen LogP contribution in [0.2, 0.25) is 5.02 Å². The average molecular weight is 471 g/mol. The number of benzene rings is 3. The van der Waals surface area contributed by atoms with Gasteiger partial charge in [0.25, 0.3) is 0 Å². The van der Waals surface area contributed by atoms with Crippen LogP contribution in [-0.4, -0.2) is 36.6 Å². The zero-order valence-electron chi connectivity index (χ0n) is 19.7. The Balaban J connectivity index is 1.36. The summed E-state index contributed by atoms with van der Waals surface area (Å²) in [5.74, 6) is 1.50. The van der Waals surface area contributed by atoms with Gasteiger partial charge in [-0.1, -0.05) is 66.2 Å². The predicted octanol–water partition coefficient (Wildman–Crippen LogP) is 6.43. The van der Waals surface area contributed by atoms with Crippen molar-refractivity contribution >= 4 is 22.5 Å². The fraction of sp³-hybridized carbons (Fsp3) is 0.333. The Hall–Kier alpha value is -2.75. The lowest BCUT2D eigenvalue weighted by Gasteiger charge is -2.51. The van der Waals surface area contributed by atoms with Gasteiger partial charge in [-0.2, -0.15) is 0 Å². The summed E-state index contributed by atoms with van der Waals surface area (Å²) in [7, 11) is 1.76. The van der Waals surface area contributed by atoms with E-state index in [0.717, 1.165) is 61.6 Å². The molecule has 3 nitrogen and oxygen atoms in total. The summed E-state index contributed by atoms with van der Waals surface area (Å²) >= 11 is 6.59. The van der Waals surface area contributed by atoms with Crippen molar-refractivity contribution in [2.75, 3.05) is 26.7 Å². The number of fused-ring (bicyclic) bond motifs is 4. The number of rotatable bonds is 5. The molecule has 0 saturated carbocycles. The molecule has 1 aliphatic carbocycles. The maximum absolute atomic E-state index is 6.59. The van der Waals surface area contributed by atoms with Crippen molar-refractivity contribution in [2.24, 2.45) is 5.92 Å². The molecule has 1 fully saturated rings. The Morgan fingerprint density at radius 3 is 2.76 bits per heavy atom. The smallest absolute Gasteiger partial charge is 0.119 e. The fourth-order valence-electron chi connectivity index (χ4n) is 6.42. The van der Waals surface area contributed by atoms with E-state index in [-0.39, 0.29) is 5.41 Å². The van der Waals surface area contributed by atoms with Gasteiger partial charge in [0.05, 0.1) is 17.6 Å². The number of nitrogens with one attached hydrogen (secondary N) is 1. The van der Waals surface area contributed by atoms with E-state index in [2.05, 4.69) is 76.6 Å². The Morgan fingerprint density at radius 2 is 1.91 bits per heavy atom. The number of piperidine rings is 1. The van der Waals surface area contributed by atoms with Crippen molar-refractivity contribution in [3.05, 3.63) is 100 Å². The van der Waals surface area contributed by atoms with E-state index in [4.69, 9.17) is 16.3 Å². The number of ether oxygens (including phenoxy) is 1. The van der Waals surface area contributed by atoms with Crippen molar-refractivity contribution < 1.29 is 4.74 Å². The number of methoxy groups -OCH3 is 1. The first kappa shape index (κ1) is 21.8. The van der Waals surface area contributed by atoms with E-state index in [1.165, 1.54) is 27.8 Å². The largest absolute Gasteiger partial charge is 0.497 e. The van der Waals surface area contributed by atoms with Crippen molar-refractivity contribution in [3.63, 3.8) is 0 Å². The van der Waals surface area contributed by atoms with E-state index < -0.39 is 0 Å². The first-order valence-corrected chi connectivity index (χ1v) is 12.7. The predicted molar refractivity (Wildman–Crippen MR) is 140 cm³/mol. The van der Waals surface area contributed by atoms with Crippen LogP contribution in [0, 0.1) is 5.92 Å². The number of H-pyrrole nitrogens is 1. The number of aromatic nitrogens is 1. The molecule has 0 amide bonds. The van der Waals surface area contributed by atoms with Gasteiger partial charge in [0.15, 0.2) is 0 Å². The molecule has 4 heteroatoms. The Labute approximate surface area is 206 Å². The highest BCUT2D eigenvalue weighted by Gasteiger charge is 2.48. The number of nitrogens with zero attached hydrogens (tertiary/aromatic N) is 1. The molecule has 1 unspecified atom stereocenters. The Morgan fingerprint density at radius 1 is 1.06 bits per heavy atom. The molecule has 1 saturated heterocycles. The van der Waals surface area contributed by atoms with Crippen molar-refractivity contribution in [1.29, 1.82) is 0 Å². The van der Waals surface area contributed by atoms with Crippen LogP contribution in [0.5, 0.6) is 5.75 Å². The van der Waals surface area contributed by atoms with Gasteiger partial charge < -0.3 is 14.6 Å². The zero-order valence-corrected chi connectivity index (χ0v) is 20.4. The van der Waals surface area contributed by atoms with Gasteiger partial charge in [-0.3, -0.25) is 0 Å². The second-order valence-corrected chi connectivity index (χ2v) is 10.4. The first-order chi connectivity index (χ1) is 16.7. The van der Waals surface area contributed by atoms with E-state index in [1.54, 1.807) is 7.11 Å². The number of hydrogen-bond donors (Lipinski definition) is 1. The molecule has 4 aromatic rings. The number of hydrogen-bond acceptors (Lipinski definition) is 2. The molecule has 1 aromatic heterocycles. The van der Waals surface area contributed by atoms with Crippen LogP contribution in [0.15, 0.2) is 72.8 Å². The van der Waals surface area contributed by atoms with Crippen LogP contribution in [0.25, 0.3) is 10.9 Å². The molecule has 0 spiro atoms. The van der Waals surface area contributed by atoms with E-state index in [9.17, 15) is 0 Å². The van der Waals surface area contributed by atoms with Crippen LogP contribution in [0.3, 0.4) is 0 Å². The van der Waals surface area contributed by atoms with E-state index >= 15 is 0 Å². The van der Waals surface area contributed by atoms with Crippen molar-refractivity contribution in [3.8, 4) is 5.75 Å². The Kier molecular flexibility index (Phi) is 5.63. The lowest BCUT2D eigenvalue weighted by atomic mass is 9.58. The molecule has 1 N–H and O–H groups in total. The number of para-hydroxylation sites is 1. The zero-order chi connectivity index (χ0) is 23.1. The summed E-state index contributed by atoms with van der Waals surface area (Å²) in [6, 6.07) is 26.0. The van der Waals surface area contributed by atoms with Gasteiger partial charge in [-0.25, -0.2) is 0 Å². The third kappa shape index (κ3) is 3.72. The monoisotopic (exact) mass is 470 g/mol. The second-order valence-electron chi connectivity index (χ2n) is 10.00. The van der Waals surface area contributed by atoms with Crippen molar-refractivity contribution in [2.45, 2.75) is 31.1 Å². The highest BCUT2D eigenvalue weighted by Crippen LogP contribution is 2.50. The summed E-state index contributed by atoms with van der Waals surface area (Å²) in [4.78, 5) is 6.41. The highest BCUT2D eigenvalue weighted by atomic mass is 35.5. The third-order valence-corrected chi connectivity index (χ3v) is 8.58. The minimum Gasteiger partial charge on any atom is -0.497 e. The molecular weight excluding hydrogens is 440 g/mol. The maximum Gasteiger partial charge on any atom is 0.119 e. The molecule has 1 aliphatic heterocycles. The summed E-state index contributed by atoms with van der Waals surface area (Å²) < 4.78 is 5.63. The minimum atomic E-state index is 0.109. The Bertz CT molecular complexity index is 1310. The van der Waals surface area contributed by atoms with Gasteiger partial charge in [-0.15, -0.1) is 0 Å². The van der Waals surface area contributed by atoms with Gasteiger partial charge in [0.2, 0.25) is 0 Å². The average Bonchev–Trinajstić information content (AvgIpc) is 3.25. The summed E-state index contributed by atoms with van der Waals surface area (Å²) in [5.41, 5.74) is 6.86. The topological polar surface area (TPSA) is 28.3 Å². The van der Waals surface area contributed by atoms with Gasteiger partial charge in [-0.05, 0) is 73.0 Å². The second kappa shape index (κ2) is 8.79. The van der Waals surface area contributed by atoms with Crippen LogP contribution in [-0.2, 0) is 24.7 Å². The molecule has 34 heavy (non-hydrogen) atoms. The fourth-order valence-corrected chi connectivity index (χ4v) is 6.64. The van der Waals surface area contributed by atoms with Crippen LogP contribution >= 0.6 is 11.6 Å². The van der Waals surface area contributed by atoms with Gasteiger partial charge in [0.1, 0.15) is 5.75 Å². The summed E-state index contributed by atoms with van der Waals surface area (Å²) in [6.45, 7) is 3.36. The number of aromatic amines is 1. The molecule has 2 heterocycles. The van der Waals surface area contributed by atoms with Crippen LogP contribution in [0.1, 0.15) is 28.8 Å². The van der Waals surface area contributed by atoms with Crippen LogP contribution < -0.4 is 4.74 Å². The normalized spacial score (nSPS) is 22.4. The highest BCUT2D eigenvalue weighted by molar-refractivity contribution is 6.35. The molecule has 0 radical (unpaired) electrons.